The van der Waals surface area contributed by atoms with E-state index in [1.165, 1.54) is 18.9 Å². The number of nitrogens with one attached hydrogen (secondary N) is 1. The summed E-state index contributed by atoms with van der Waals surface area (Å²) in [5.41, 5.74) is 2.04. The van der Waals surface area contributed by atoms with Crippen molar-refractivity contribution in [3.8, 4) is 0 Å². The summed E-state index contributed by atoms with van der Waals surface area (Å²) in [6, 6.07) is 7.40. The number of aliphatic hydroxyl groups is 1. The van der Waals surface area contributed by atoms with Gasteiger partial charge in [-0.15, -0.1) is 0 Å². The molecular formula is C16H12ClN3O3. The first-order chi connectivity index (χ1) is 11.1. The summed E-state index contributed by atoms with van der Waals surface area (Å²) in [6.07, 6.45) is 5.66. The van der Waals surface area contributed by atoms with Crippen molar-refractivity contribution in [2.24, 2.45) is 0 Å². The first kappa shape index (κ1) is 15.1. The van der Waals surface area contributed by atoms with Gasteiger partial charge in [-0.2, -0.15) is 5.10 Å². The Hall–Kier alpha value is -2.86. The minimum Gasteiger partial charge on any atom is -0.507 e. The van der Waals surface area contributed by atoms with Crippen molar-refractivity contribution in [3.63, 3.8) is 0 Å². The van der Waals surface area contributed by atoms with E-state index in [1.807, 2.05) is 18.2 Å². The SMILES string of the molecule is O=C(C=C(O)c1cocc1Cc1ccccc1Cl)c1ncn[nH]1. The van der Waals surface area contributed by atoms with E-state index in [0.29, 0.717) is 17.0 Å². The highest BCUT2D eigenvalue weighted by Crippen LogP contribution is 2.25. The number of hydrogen-bond donors (Lipinski definition) is 2. The summed E-state index contributed by atoms with van der Waals surface area (Å²) < 4.78 is 5.16. The Morgan fingerprint density at radius 3 is 2.87 bits per heavy atom. The summed E-state index contributed by atoms with van der Waals surface area (Å²) in [5.74, 6) is -0.639. The molecule has 2 heterocycles. The van der Waals surface area contributed by atoms with Crippen LogP contribution in [0.5, 0.6) is 0 Å². The average molecular weight is 330 g/mol. The van der Waals surface area contributed by atoms with Gasteiger partial charge in [0, 0.05) is 23.1 Å². The fourth-order valence-corrected chi connectivity index (χ4v) is 2.33. The van der Waals surface area contributed by atoms with Crippen LogP contribution in [0.4, 0.5) is 0 Å². The molecule has 0 spiro atoms. The third-order valence-electron chi connectivity index (χ3n) is 3.27. The molecule has 0 fully saturated rings. The first-order valence-corrected chi connectivity index (χ1v) is 7.12. The Morgan fingerprint density at radius 2 is 2.13 bits per heavy atom. The topological polar surface area (TPSA) is 92.0 Å². The molecule has 0 aliphatic heterocycles. The van der Waals surface area contributed by atoms with Crippen molar-refractivity contribution in [1.82, 2.24) is 15.2 Å². The number of H-pyrrole nitrogens is 1. The van der Waals surface area contributed by atoms with E-state index >= 15 is 0 Å². The lowest BCUT2D eigenvalue weighted by molar-refractivity contribution is 0.103. The summed E-state index contributed by atoms with van der Waals surface area (Å²) >= 11 is 6.14. The van der Waals surface area contributed by atoms with Crippen molar-refractivity contribution in [1.29, 1.82) is 0 Å². The van der Waals surface area contributed by atoms with Crippen molar-refractivity contribution < 1.29 is 14.3 Å². The van der Waals surface area contributed by atoms with Gasteiger partial charge in [0.2, 0.25) is 5.78 Å². The van der Waals surface area contributed by atoms with E-state index in [-0.39, 0.29) is 11.6 Å². The molecule has 3 rings (SSSR count). The van der Waals surface area contributed by atoms with Gasteiger partial charge in [0.1, 0.15) is 18.3 Å². The van der Waals surface area contributed by atoms with Crippen LogP contribution in [0.1, 0.15) is 27.3 Å². The molecule has 0 saturated heterocycles. The van der Waals surface area contributed by atoms with Gasteiger partial charge in [-0.25, -0.2) is 4.98 Å². The average Bonchev–Trinajstić information content (AvgIpc) is 3.20. The van der Waals surface area contributed by atoms with E-state index in [9.17, 15) is 9.90 Å². The van der Waals surface area contributed by atoms with Crippen LogP contribution in [0.3, 0.4) is 0 Å². The largest absolute Gasteiger partial charge is 0.507 e. The quantitative estimate of drug-likeness (QED) is 0.425. The zero-order valence-corrected chi connectivity index (χ0v) is 12.6. The van der Waals surface area contributed by atoms with Crippen LogP contribution in [0.15, 0.2) is 53.6 Å². The maximum Gasteiger partial charge on any atom is 0.226 e. The van der Waals surface area contributed by atoms with Crippen molar-refractivity contribution in [3.05, 3.63) is 76.7 Å². The van der Waals surface area contributed by atoms with Gasteiger partial charge in [0.05, 0.1) is 11.8 Å². The smallest absolute Gasteiger partial charge is 0.226 e. The van der Waals surface area contributed by atoms with E-state index in [1.54, 1.807) is 6.07 Å². The molecule has 0 bridgehead atoms. The fourth-order valence-electron chi connectivity index (χ4n) is 2.13. The second-order valence-corrected chi connectivity index (χ2v) is 5.21. The van der Waals surface area contributed by atoms with Gasteiger partial charge in [-0.05, 0) is 11.6 Å². The van der Waals surface area contributed by atoms with E-state index < -0.39 is 5.78 Å². The minimum atomic E-state index is -0.482. The Kier molecular flexibility index (Phi) is 4.25. The molecule has 0 aliphatic carbocycles. The Labute approximate surface area is 136 Å². The number of aromatic amines is 1. The van der Waals surface area contributed by atoms with E-state index in [4.69, 9.17) is 16.0 Å². The Morgan fingerprint density at radius 1 is 1.30 bits per heavy atom. The molecule has 0 radical (unpaired) electrons. The highest BCUT2D eigenvalue weighted by atomic mass is 35.5. The number of rotatable bonds is 5. The van der Waals surface area contributed by atoms with Gasteiger partial charge in [-0.1, -0.05) is 29.8 Å². The molecule has 116 valence electrons. The number of aliphatic hydroxyl groups excluding tert-OH is 1. The Balaban J connectivity index is 1.86. The molecule has 6 nitrogen and oxygen atoms in total. The van der Waals surface area contributed by atoms with Gasteiger partial charge >= 0.3 is 0 Å². The predicted molar refractivity (Wildman–Crippen MR) is 84.3 cm³/mol. The minimum absolute atomic E-state index is 0.0488. The number of benzene rings is 1. The molecule has 2 N–H and O–H groups in total. The maximum absolute atomic E-state index is 11.9. The Bertz CT molecular complexity index is 853. The second-order valence-electron chi connectivity index (χ2n) is 4.81. The number of carbonyl (C=O) groups is 1. The summed E-state index contributed by atoms with van der Waals surface area (Å²) in [7, 11) is 0. The monoisotopic (exact) mass is 329 g/mol. The van der Waals surface area contributed by atoms with Crippen LogP contribution in [0.2, 0.25) is 5.02 Å². The molecule has 23 heavy (non-hydrogen) atoms. The van der Waals surface area contributed by atoms with Crippen molar-refractivity contribution >= 4 is 23.1 Å². The number of carbonyl (C=O) groups excluding carboxylic acids is 1. The normalized spacial score (nSPS) is 11.6. The van der Waals surface area contributed by atoms with Crippen LogP contribution in [0.25, 0.3) is 5.76 Å². The highest BCUT2D eigenvalue weighted by Gasteiger charge is 2.14. The van der Waals surface area contributed by atoms with E-state index in [0.717, 1.165) is 17.2 Å². The van der Waals surface area contributed by atoms with Crippen LogP contribution < -0.4 is 0 Å². The zero-order chi connectivity index (χ0) is 16.2. The lowest BCUT2D eigenvalue weighted by atomic mass is 10.0. The van der Waals surface area contributed by atoms with Gasteiger partial charge in [-0.3, -0.25) is 9.89 Å². The lowest BCUT2D eigenvalue weighted by Crippen LogP contribution is -2.00. The fraction of sp³-hybridized carbons (Fsp3) is 0.0625. The molecule has 1 aromatic carbocycles. The standard InChI is InChI=1S/C16H12ClN3O3/c17-13-4-2-1-3-10(13)5-11-7-23-8-12(11)14(21)6-15(22)16-18-9-19-20-16/h1-4,6-9,21H,5H2,(H,18,19,20). The summed E-state index contributed by atoms with van der Waals surface area (Å²) in [5, 5.41) is 16.9. The molecule has 0 unspecified atom stereocenters. The number of ketones is 1. The maximum atomic E-state index is 11.9. The van der Waals surface area contributed by atoms with Crippen LogP contribution >= 0.6 is 11.6 Å². The number of allylic oxidation sites excluding steroid dienone is 1. The molecule has 7 heteroatoms. The van der Waals surface area contributed by atoms with Crippen LogP contribution in [-0.2, 0) is 6.42 Å². The van der Waals surface area contributed by atoms with E-state index in [2.05, 4.69) is 15.2 Å². The van der Waals surface area contributed by atoms with Crippen LogP contribution in [-0.4, -0.2) is 26.1 Å². The molecular weight excluding hydrogens is 318 g/mol. The molecule has 0 aliphatic rings. The molecule has 3 aromatic rings. The van der Waals surface area contributed by atoms with Crippen LogP contribution in [0, 0.1) is 0 Å². The number of aromatic nitrogens is 3. The van der Waals surface area contributed by atoms with Gasteiger partial charge < -0.3 is 9.52 Å². The molecule has 0 amide bonds. The summed E-state index contributed by atoms with van der Waals surface area (Å²) in [6.45, 7) is 0. The third-order valence-corrected chi connectivity index (χ3v) is 3.64. The molecule has 0 atom stereocenters. The predicted octanol–water partition coefficient (Wildman–Crippen LogP) is 3.42. The summed E-state index contributed by atoms with van der Waals surface area (Å²) in [4.78, 5) is 15.7. The second kappa shape index (κ2) is 6.50. The zero-order valence-electron chi connectivity index (χ0n) is 11.9. The molecule has 2 aromatic heterocycles. The van der Waals surface area contributed by atoms with Crippen molar-refractivity contribution in [2.45, 2.75) is 6.42 Å². The first-order valence-electron chi connectivity index (χ1n) is 6.74. The number of nitrogens with zero attached hydrogens (tertiary/aromatic N) is 2. The van der Waals surface area contributed by atoms with Gasteiger partial charge in [0.15, 0.2) is 5.82 Å². The highest BCUT2D eigenvalue weighted by molar-refractivity contribution is 6.31. The van der Waals surface area contributed by atoms with Crippen molar-refractivity contribution in [2.75, 3.05) is 0 Å². The number of hydrogen-bond acceptors (Lipinski definition) is 5. The number of furan rings is 1. The lowest BCUT2D eigenvalue weighted by Gasteiger charge is -2.04. The number of halogens is 1. The third kappa shape index (κ3) is 3.32. The van der Waals surface area contributed by atoms with Gasteiger partial charge in [0.25, 0.3) is 0 Å². The molecule has 0 saturated carbocycles.